The number of aliphatic imine (C=N–C) groups is 1. The first kappa shape index (κ1) is 34.8. The van der Waals surface area contributed by atoms with E-state index in [9.17, 15) is 0 Å². The molecule has 0 N–H and O–H groups in total. The number of hydrogen-bond acceptors (Lipinski definition) is 3. The van der Waals surface area contributed by atoms with E-state index in [1.54, 1.807) is 0 Å². The van der Waals surface area contributed by atoms with Crippen LogP contribution in [-0.4, -0.2) is 10.3 Å². The maximum Gasteiger partial charge on any atom is 0.138 e. The fourth-order valence-electron chi connectivity index (χ4n) is 10.7. The maximum absolute atomic E-state index is 6.82. The second kappa shape index (κ2) is 13.5. The molecule has 1 aliphatic rings. The van der Waals surface area contributed by atoms with Gasteiger partial charge in [-0.25, -0.2) is 0 Å². The first-order valence-corrected chi connectivity index (χ1v) is 22.3. The number of furan rings is 1. The lowest BCUT2D eigenvalue weighted by Gasteiger charge is -2.28. The fraction of sp³-hybridized carbons (Fsp3) is 0.105. The summed E-state index contributed by atoms with van der Waals surface area (Å²) in [6, 6.07) is 67.1. The van der Waals surface area contributed by atoms with Gasteiger partial charge in [0.15, 0.2) is 0 Å². The summed E-state index contributed by atoms with van der Waals surface area (Å²) in [5.74, 6) is 0.551. The van der Waals surface area contributed by atoms with E-state index in [0.717, 1.165) is 51.7 Å². The quantitative estimate of drug-likeness (QED) is 0.174. The van der Waals surface area contributed by atoms with Crippen molar-refractivity contribution in [3.63, 3.8) is 0 Å². The van der Waals surface area contributed by atoms with Gasteiger partial charge in [-0.1, -0.05) is 140 Å². The van der Waals surface area contributed by atoms with Crippen LogP contribution < -0.4 is 0 Å². The second-order valence-corrected chi connectivity index (χ2v) is 18.1. The molecular weight excluding hydrogens is 761 g/mol. The number of thiophene rings is 1. The Kier molecular flexibility index (Phi) is 7.71. The average Bonchev–Trinajstić information content (AvgIpc) is 3.93. The van der Waals surface area contributed by atoms with Gasteiger partial charge in [0.1, 0.15) is 11.2 Å². The second-order valence-electron chi connectivity index (χ2n) is 17.0. The summed E-state index contributed by atoms with van der Waals surface area (Å²) in [5, 5.41) is 12.4. The van der Waals surface area contributed by atoms with E-state index < -0.39 is 0 Å². The molecule has 3 atom stereocenters. The summed E-state index contributed by atoms with van der Waals surface area (Å²) < 4.78 is 11.9. The van der Waals surface area contributed by atoms with Gasteiger partial charge in [-0.3, -0.25) is 4.99 Å². The molecule has 0 saturated heterocycles. The van der Waals surface area contributed by atoms with Crippen LogP contribution in [0.2, 0.25) is 0 Å². The average molecular weight is 801 g/mol. The lowest BCUT2D eigenvalue weighted by atomic mass is 9.78. The molecule has 0 fully saturated rings. The molecule has 61 heavy (non-hydrogen) atoms. The van der Waals surface area contributed by atoms with Crippen LogP contribution >= 0.6 is 11.3 Å². The minimum atomic E-state index is -0.0555. The number of benzene rings is 9. The zero-order valence-corrected chi connectivity index (χ0v) is 34.5. The van der Waals surface area contributed by atoms with Crippen LogP contribution in [-0.2, 0) is 0 Å². The van der Waals surface area contributed by atoms with Crippen LogP contribution in [0.5, 0.6) is 0 Å². The van der Waals surface area contributed by atoms with Crippen molar-refractivity contribution in [2.75, 3.05) is 0 Å². The summed E-state index contributed by atoms with van der Waals surface area (Å²) >= 11 is 1.89. The van der Waals surface area contributed by atoms with Crippen molar-refractivity contribution in [3.8, 4) is 5.69 Å². The monoisotopic (exact) mass is 800 g/mol. The van der Waals surface area contributed by atoms with Crippen LogP contribution in [0.1, 0.15) is 48.4 Å². The zero-order valence-electron chi connectivity index (χ0n) is 33.7. The van der Waals surface area contributed by atoms with E-state index in [0.29, 0.717) is 5.92 Å². The molecule has 290 valence electrons. The third-order valence-electron chi connectivity index (χ3n) is 13.6. The Bertz CT molecular complexity index is 3770. The van der Waals surface area contributed by atoms with Crippen molar-refractivity contribution in [1.82, 2.24) is 4.57 Å². The van der Waals surface area contributed by atoms with Gasteiger partial charge in [-0.05, 0) is 99.8 Å². The predicted molar refractivity (Wildman–Crippen MR) is 259 cm³/mol. The molecule has 4 heteroatoms. The molecule has 0 aliphatic carbocycles. The Labute approximate surface area is 356 Å². The Morgan fingerprint density at radius 2 is 1.21 bits per heavy atom. The molecule has 3 aromatic heterocycles. The van der Waals surface area contributed by atoms with Gasteiger partial charge < -0.3 is 8.98 Å². The van der Waals surface area contributed by atoms with Gasteiger partial charge in [0, 0.05) is 59.1 Å². The fourth-order valence-corrected chi connectivity index (χ4v) is 11.8. The molecule has 0 saturated carbocycles. The first-order valence-electron chi connectivity index (χ1n) is 21.5. The molecule has 0 spiro atoms. The molecule has 3 nitrogen and oxygen atoms in total. The van der Waals surface area contributed by atoms with Crippen molar-refractivity contribution < 1.29 is 4.42 Å². The standard InChI is InChI=1S/C57H40N2OS/c1-34-42(39-23-22-35-12-2-3-13-36(35)28-39)26-27-49(58-57(34)40-24-25-45-44-17-8-11-21-54(44)61-55(45)31-40)48-32-41(33-53-56(48)46-18-7-10-20-52(46)60-53)59-50-19-9-6-16-43(50)47-29-37-14-4-5-15-38(37)30-51(47)59/h2-25,28-34,42,57H,26-27H2,1H3/t34-,42?,57?/m0/s1. The highest BCUT2D eigenvalue weighted by Crippen LogP contribution is 2.47. The molecule has 0 bridgehead atoms. The highest BCUT2D eigenvalue weighted by molar-refractivity contribution is 7.25. The summed E-state index contributed by atoms with van der Waals surface area (Å²) in [6.45, 7) is 2.44. The van der Waals surface area contributed by atoms with Crippen LogP contribution in [0.4, 0.5) is 0 Å². The predicted octanol–water partition coefficient (Wildman–Crippen LogP) is 16.1. The van der Waals surface area contributed by atoms with Crippen LogP contribution in [0.15, 0.2) is 191 Å². The van der Waals surface area contributed by atoms with Crippen molar-refractivity contribution in [2.24, 2.45) is 10.9 Å². The summed E-state index contributed by atoms with van der Waals surface area (Å²) in [4.78, 5) is 5.99. The topological polar surface area (TPSA) is 30.4 Å². The molecule has 1 aliphatic heterocycles. The third-order valence-corrected chi connectivity index (χ3v) is 14.8. The smallest absolute Gasteiger partial charge is 0.138 e. The van der Waals surface area contributed by atoms with E-state index in [-0.39, 0.29) is 12.0 Å². The number of aromatic nitrogens is 1. The van der Waals surface area contributed by atoms with Gasteiger partial charge in [0.05, 0.1) is 22.8 Å². The van der Waals surface area contributed by atoms with Crippen molar-refractivity contribution in [2.45, 2.75) is 31.7 Å². The van der Waals surface area contributed by atoms with E-state index in [4.69, 9.17) is 9.41 Å². The number of para-hydroxylation sites is 2. The maximum atomic E-state index is 6.82. The van der Waals surface area contributed by atoms with Crippen molar-refractivity contribution >= 4 is 103 Å². The zero-order chi connectivity index (χ0) is 40.2. The largest absolute Gasteiger partial charge is 0.456 e. The van der Waals surface area contributed by atoms with Gasteiger partial charge in [0.2, 0.25) is 0 Å². The summed E-state index contributed by atoms with van der Waals surface area (Å²) in [7, 11) is 0. The SMILES string of the molecule is C[C@H]1C(c2ccc3ccccc3c2)CCC(c2cc(-n3c4ccccc4c4cc5ccccc5cc43)cc3oc4ccccc4c23)=NC1c1ccc2c(c1)sc1ccccc12. The highest BCUT2D eigenvalue weighted by Gasteiger charge is 2.33. The van der Waals surface area contributed by atoms with Gasteiger partial charge in [-0.15, -0.1) is 11.3 Å². The lowest BCUT2D eigenvalue weighted by Crippen LogP contribution is -2.16. The van der Waals surface area contributed by atoms with Crippen LogP contribution in [0.3, 0.4) is 0 Å². The van der Waals surface area contributed by atoms with Crippen LogP contribution in [0, 0.1) is 5.92 Å². The molecule has 4 heterocycles. The molecule has 9 aromatic carbocycles. The van der Waals surface area contributed by atoms with E-state index in [1.807, 2.05) is 11.3 Å². The molecular formula is C57H40N2OS. The lowest BCUT2D eigenvalue weighted by molar-refractivity contribution is 0.385. The Hall–Kier alpha value is -7.01. The Balaban J connectivity index is 1.06. The van der Waals surface area contributed by atoms with Crippen molar-refractivity contribution in [3.05, 3.63) is 199 Å². The molecule has 0 radical (unpaired) electrons. The van der Waals surface area contributed by atoms with Gasteiger partial charge >= 0.3 is 0 Å². The molecule has 13 rings (SSSR count). The minimum absolute atomic E-state index is 0.0555. The molecule has 0 amide bonds. The van der Waals surface area contributed by atoms with E-state index in [1.165, 1.54) is 74.6 Å². The highest BCUT2D eigenvalue weighted by atomic mass is 32.1. The molecule has 12 aromatic rings. The number of hydrogen-bond donors (Lipinski definition) is 0. The Morgan fingerprint density at radius 1 is 0.525 bits per heavy atom. The summed E-state index contributed by atoms with van der Waals surface area (Å²) in [5.41, 5.74) is 10.2. The molecule has 2 unspecified atom stereocenters. The number of fused-ring (bicyclic) bond motifs is 11. The minimum Gasteiger partial charge on any atom is -0.456 e. The number of rotatable bonds is 4. The summed E-state index contributed by atoms with van der Waals surface area (Å²) in [6.07, 6.45) is 1.84. The number of nitrogens with zero attached hydrogens (tertiary/aromatic N) is 2. The normalized spacial score (nSPS) is 17.4. The first-order chi connectivity index (χ1) is 30.1. The van der Waals surface area contributed by atoms with E-state index in [2.05, 4.69) is 193 Å². The van der Waals surface area contributed by atoms with Gasteiger partial charge in [-0.2, -0.15) is 0 Å². The van der Waals surface area contributed by atoms with Crippen molar-refractivity contribution in [1.29, 1.82) is 0 Å². The Morgan fingerprint density at radius 3 is 2.08 bits per heavy atom. The third kappa shape index (κ3) is 5.45. The van der Waals surface area contributed by atoms with Gasteiger partial charge in [0.25, 0.3) is 0 Å². The van der Waals surface area contributed by atoms with E-state index >= 15 is 0 Å². The van der Waals surface area contributed by atoms with Crippen LogP contribution in [0.25, 0.3) is 91.1 Å².